The molecular weight excluding hydrogens is 372 g/mol. The Balaban J connectivity index is 1.62. The van der Waals surface area contributed by atoms with Gasteiger partial charge in [0, 0.05) is 30.8 Å². The van der Waals surface area contributed by atoms with E-state index in [-0.39, 0.29) is 11.9 Å². The average Bonchev–Trinajstić information content (AvgIpc) is 3.28. The van der Waals surface area contributed by atoms with Crippen LogP contribution in [0.5, 0.6) is 0 Å². The Morgan fingerprint density at radius 1 is 0.967 bits per heavy atom. The lowest BCUT2D eigenvalue weighted by Crippen LogP contribution is -2.41. The molecule has 0 aliphatic heterocycles. The van der Waals surface area contributed by atoms with Crippen LogP contribution < -0.4 is 10.6 Å². The summed E-state index contributed by atoms with van der Waals surface area (Å²) in [5.74, 6) is -0.0143. The molecule has 1 unspecified atom stereocenters. The molecule has 0 aliphatic rings. The van der Waals surface area contributed by atoms with Gasteiger partial charge in [-0.3, -0.25) is 4.79 Å². The molecule has 5 heteroatoms. The maximum Gasteiger partial charge on any atom is 0.227 e. The Kier molecular flexibility index (Phi) is 5.27. The minimum atomic E-state index is -0.650. The maximum absolute atomic E-state index is 12.6. The molecule has 30 heavy (non-hydrogen) atoms. The summed E-state index contributed by atoms with van der Waals surface area (Å²) in [5.41, 5.74) is 2.43. The summed E-state index contributed by atoms with van der Waals surface area (Å²) >= 11 is 0. The first kappa shape index (κ1) is 19.7. The summed E-state index contributed by atoms with van der Waals surface area (Å²) in [6, 6.07) is 22.7. The fraction of sp³-hybridized carbons (Fsp3) is 0.200. The molecule has 0 fully saturated rings. The molecule has 1 atom stereocenters. The molecule has 4 aromatic rings. The predicted octanol–water partition coefficient (Wildman–Crippen LogP) is 5.14. The van der Waals surface area contributed by atoms with Crippen LogP contribution >= 0.6 is 0 Å². The van der Waals surface area contributed by atoms with Gasteiger partial charge in [0.1, 0.15) is 0 Å². The van der Waals surface area contributed by atoms with E-state index < -0.39 is 5.41 Å². The van der Waals surface area contributed by atoms with Crippen LogP contribution in [0.4, 0.5) is 11.4 Å². The van der Waals surface area contributed by atoms with Crippen LogP contribution in [-0.2, 0) is 4.79 Å². The third kappa shape index (κ3) is 3.79. The van der Waals surface area contributed by atoms with Crippen LogP contribution in [0.25, 0.3) is 10.8 Å². The third-order valence-electron chi connectivity index (χ3n) is 5.58. The lowest BCUT2D eigenvalue weighted by atomic mass is 9.79. The zero-order valence-electron chi connectivity index (χ0n) is 17.5. The molecule has 4 rings (SSSR count). The number of hydrogen-bond donors (Lipinski definition) is 2. The van der Waals surface area contributed by atoms with Gasteiger partial charge in [-0.2, -0.15) is 0 Å². The Labute approximate surface area is 176 Å². The van der Waals surface area contributed by atoms with Crippen molar-refractivity contribution in [3.05, 3.63) is 91.0 Å². The minimum absolute atomic E-state index is 0.0143. The highest BCUT2D eigenvalue weighted by Gasteiger charge is 2.38. The minimum Gasteiger partial charge on any atom is -0.359 e. The Morgan fingerprint density at radius 2 is 1.67 bits per heavy atom. The number of fused-ring (bicyclic) bond motifs is 1. The van der Waals surface area contributed by atoms with Crippen LogP contribution in [-0.4, -0.2) is 22.5 Å². The average molecular weight is 399 g/mol. The predicted molar refractivity (Wildman–Crippen MR) is 122 cm³/mol. The summed E-state index contributed by atoms with van der Waals surface area (Å²) in [6.45, 7) is 3.91. The molecule has 1 amide bonds. The molecule has 0 bridgehead atoms. The van der Waals surface area contributed by atoms with Gasteiger partial charge in [0.2, 0.25) is 5.91 Å². The highest BCUT2D eigenvalue weighted by Crippen LogP contribution is 2.37. The number of rotatable bonds is 6. The number of hydrogen-bond acceptors (Lipinski definition) is 3. The Bertz CT molecular complexity index is 1150. The molecule has 3 aromatic carbocycles. The van der Waals surface area contributed by atoms with Crippen molar-refractivity contribution in [3.8, 4) is 0 Å². The van der Waals surface area contributed by atoms with Crippen molar-refractivity contribution < 1.29 is 4.79 Å². The van der Waals surface area contributed by atoms with Crippen LogP contribution in [0.2, 0.25) is 0 Å². The smallest absolute Gasteiger partial charge is 0.227 e. The fourth-order valence-electron chi connectivity index (χ4n) is 4.01. The quantitative estimate of drug-likeness (QED) is 0.473. The normalized spacial score (nSPS) is 12.5. The van der Waals surface area contributed by atoms with Gasteiger partial charge >= 0.3 is 0 Å². The van der Waals surface area contributed by atoms with Crippen molar-refractivity contribution in [2.75, 3.05) is 12.4 Å². The lowest BCUT2D eigenvalue weighted by molar-refractivity contribution is -0.130. The van der Waals surface area contributed by atoms with Crippen LogP contribution in [0.3, 0.4) is 0 Å². The lowest BCUT2D eigenvalue weighted by Gasteiger charge is -2.34. The molecule has 152 valence electrons. The molecule has 5 nitrogen and oxygen atoms in total. The summed E-state index contributed by atoms with van der Waals surface area (Å²) in [5, 5.41) is 8.68. The van der Waals surface area contributed by atoms with Crippen LogP contribution in [0.15, 0.2) is 85.5 Å². The van der Waals surface area contributed by atoms with Gasteiger partial charge in [0.05, 0.1) is 17.8 Å². The van der Waals surface area contributed by atoms with E-state index in [1.54, 1.807) is 19.6 Å². The van der Waals surface area contributed by atoms with Gasteiger partial charge in [-0.25, -0.2) is 4.98 Å². The molecular formula is C25H26N4O. The van der Waals surface area contributed by atoms with Crippen molar-refractivity contribution in [2.24, 2.45) is 5.41 Å². The molecule has 2 N–H and O–H groups in total. The van der Waals surface area contributed by atoms with Crippen molar-refractivity contribution in [1.29, 1.82) is 0 Å². The van der Waals surface area contributed by atoms with Crippen molar-refractivity contribution in [2.45, 2.75) is 19.9 Å². The summed E-state index contributed by atoms with van der Waals surface area (Å²) in [7, 11) is 1.67. The maximum atomic E-state index is 12.6. The number of nitrogens with one attached hydrogen (secondary N) is 2. The van der Waals surface area contributed by atoms with E-state index >= 15 is 0 Å². The van der Waals surface area contributed by atoms with Gasteiger partial charge in [-0.1, -0.05) is 42.5 Å². The largest absolute Gasteiger partial charge is 0.359 e. The van der Waals surface area contributed by atoms with E-state index in [2.05, 4.69) is 58.1 Å². The second-order valence-electron chi connectivity index (χ2n) is 8.02. The molecule has 0 spiro atoms. The second-order valence-corrected chi connectivity index (χ2v) is 8.02. The first-order valence-electron chi connectivity index (χ1n) is 10.0. The number of benzene rings is 3. The van der Waals surface area contributed by atoms with Crippen molar-refractivity contribution in [1.82, 2.24) is 14.9 Å². The molecule has 0 saturated heterocycles. The van der Waals surface area contributed by atoms with E-state index in [1.165, 1.54) is 10.8 Å². The standard InChI is InChI=1S/C25H26N4O/c1-25(2,24(30)26-3)23(29-15-14-27-17-29)19-9-11-21(12-10-19)28-22-13-8-18-6-4-5-7-20(18)16-22/h4-17,23,28H,1-3H3,(H,26,30). The number of carbonyl (C=O) groups is 1. The number of amides is 1. The molecule has 1 aromatic heterocycles. The van der Waals surface area contributed by atoms with E-state index in [4.69, 9.17) is 0 Å². The van der Waals surface area contributed by atoms with Crippen molar-refractivity contribution in [3.63, 3.8) is 0 Å². The highest BCUT2D eigenvalue weighted by atomic mass is 16.2. The van der Waals surface area contributed by atoms with Crippen LogP contribution in [0.1, 0.15) is 25.5 Å². The number of carbonyl (C=O) groups excluding carboxylic acids is 1. The molecule has 0 aliphatic carbocycles. The third-order valence-corrected chi connectivity index (χ3v) is 5.58. The SMILES string of the molecule is CNC(=O)C(C)(C)C(c1ccc(Nc2ccc3ccccc3c2)cc1)n1ccnc1. The Hall–Kier alpha value is -3.60. The van der Waals surface area contributed by atoms with E-state index in [0.29, 0.717) is 0 Å². The van der Waals surface area contributed by atoms with Crippen LogP contribution in [0, 0.1) is 5.41 Å². The zero-order chi connectivity index (χ0) is 21.1. The molecule has 0 saturated carbocycles. The summed E-state index contributed by atoms with van der Waals surface area (Å²) in [6.07, 6.45) is 5.40. The van der Waals surface area contributed by atoms with Crippen molar-refractivity contribution >= 4 is 28.1 Å². The Morgan fingerprint density at radius 3 is 2.33 bits per heavy atom. The first-order valence-corrected chi connectivity index (χ1v) is 10.0. The van der Waals surface area contributed by atoms with Gasteiger partial charge in [-0.05, 0) is 54.4 Å². The first-order chi connectivity index (χ1) is 14.5. The number of nitrogens with zero attached hydrogens (tertiary/aromatic N) is 2. The van der Waals surface area contributed by atoms with E-state index in [9.17, 15) is 4.79 Å². The topological polar surface area (TPSA) is 59.0 Å². The van der Waals surface area contributed by atoms with E-state index in [1.807, 2.05) is 48.9 Å². The summed E-state index contributed by atoms with van der Waals surface area (Å²) in [4.78, 5) is 16.8. The fourth-order valence-corrected chi connectivity index (χ4v) is 4.01. The highest BCUT2D eigenvalue weighted by molar-refractivity contribution is 5.86. The number of anilines is 2. The van der Waals surface area contributed by atoms with Gasteiger partial charge < -0.3 is 15.2 Å². The number of imidazole rings is 1. The molecule has 1 heterocycles. The summed E-state index contributed by atoms with van der Waals surface area (Å²) < 4.78 is 1.99. The van der Waals surface area contributed by atoms with Gasteiger partial charge in [0.15, 0.2) is 0 Å². The zero-order valence-corrected chi connectivity index (χ0v) is 17.5. The van der Waals surface area contributed by atoms with E-state index in [0.717, 1.165) is 16.9 Å². The monoisotopic (exact) mass is 398 g/mol. The second kappa shape index (κ2) is 8.03. The number of aromatic nitrogens is 2. The van der Waals surface area contributed by atoms with Gasteiger partial charge in [-0.15, -0.1) is 0 Å². The van der Waals surface area contributed by atoms with Gasteiger partial charge in [0.25, 0.3) is 0 Å². The molecule has 0 radical (unpaired) electrons.